The molecule has 7 heteroatoms. The second-order valence-electron chi connectivity index (χ2n) is 5.44. The van der Waals surface area contributed by atoms with Crippen molar-refractivity contribution >= 4 is 16.0 Å². The van der Waals surface area contributed by atoms with Crippen LogP contribution in [0.4, 0.5) is 10.3 Å². The van der Waals surface area contributed by atoms with Crippen LogP contribution in [0.1, 0.15) is 31.0 Å². The first-order valence-corrected chi connectivity index (χ1v) is 8.69. The van der Waals surface area contributed by atoms with E-state index in [0.29, 0.717) is 11.3 Å². The lowest BCUT2D eigenvalue weighted by atomic mass is 10.00. The van der Waals surface area contributed by atoms with Crippen LogP contribution in [-0.4, -0.2) is 24.6 Å². The lowest BCUT2D eigenvalue weighted by molar-refractivity contribution is 0.606. The molecule has 0 amide bonds. The zero-order chi connectivity index (χ0) is 16.5. The Hall–Kier alpha value is -2.02. The number of nitrogens with zero attached hydrogens (tertiary/aromatic N) is 2. The highest BCUT2D eigenvalue weighted by atomic mass is 32.2. The average Bonchev–Trinajstić information content (AvgIpc) is 2.39. The molecule has 1 aromatic heterocycles. The zero-order valence-corrected chi connectivity index (χ0v) is 13.7. The van der Waals surface area contributed by atoms with Crippen molar-refractivity contribution in [2.24, 2.45) is 0 Å². The van der Waals surface area contributed by atoms with Gasteiger partial charge in [-0.3, -0.25) is 4.72 Å². The molecule has 0 radical (unpaired) electrons. The predicted octanol–water partition coefficient (Wildman–Crippen LogP) is 3.09. The highest BCUT2D eigenvalue weighted by Gasteiger charge is 2.16. The Kier molecular flexibility index (Phi) is 4.46. The second kappa shape index (κ2) is 6.00. The molecule has 2 rings (SSSR count). The van der Waals surface area contributed by atoms with Gasteiger partial charge in [-0.25, -0.2) is 22.8 Å². The Labute approximate surface area is 129 Å². The number of hydrogen-bond donors (Lipinski definition) is 1. The lowest BCUT2D eigenvalue weighted by Gasteiger charge is -2.15. The molecule has 1 aromatic carbocycles. The summed E-state index contributed by atoms with van der Waals surface area (Å²) in [6.07, 6.45) is 1.04. The van der Waals surface area contributed by atoms with Crippen molar-refractivity contribution in [2.45, 2.75) is 26.7 Å². The van der Waals surface area contributed by atoms with Crippen LogP contribution in [0.2, 0.25) is 0 Å². The molecule has 0 unspecified atom stereocenters. The first-order valence-electron chi connectivity index (χ1n) is 6.79. The van der Waals surface area contributed by atoms with Crippen molar-refractivity contribution in [3.8, 4) is 11.3 Å². The molecular formula is C15H18FN3O2S. The van der Waals surface area contributed by atoms with Gasteiger partial charge in [-0.15, -0.1) is 0 Å². The number of anilines is 1. The summed E-state index contributed by atoms with van der Waals surface area (Å²) >= 11 is 0. The summed E-state index contributed by atoms with van der Waals surface area (Å²) in [7, 11) is -3.47. The number of aromatic nitrogens is 2. The van der Waals surface area contributed by atoms with E-state index in [1.54, 1.807) is 12.1 Å². The summed E-state index contributed by atoms with van der Waals surface area (Å²) in [5, 5.41) is 0. The first kappa shape index (κ1) is 16.4. The van der Waals surface area contributed by atoms with E-state index in [0.717, 1.165) is 17.5 Å². The average molecular weight is 323 g/mol. The number of nitrogens with one attached hydrogen (secondary N) is 1. The summed E-state index contributed by atoms with van der Waals surface area (Å²) in [6, 6.07) is 5.91. The standard InChI is InChI=1S/C15H18FN3O2S/c1-9(2)13-10(3)14(11-5-7-12(16)8-6-11)18-15(17-13)19-22(4,20)21/h5-9H,1-4H3,(H,17,18,19). The zero-order valence-electron chi connectivity index (χ0n) is 12.9. The van der Waals surface area contributed by atoms with Crippen LogP contribution in [0.5, 0.6) is 0 Å². The Morgan fingerprint density at radius 3 is 2.23 bits per heavy atom. The summed E-state index contributed by atoms with van der Waals surface area (Å²) in [6.45, 7) is 5.81. The van der Waals surface area contributed by atoms with Gasteiger partial charge in [0.15, 0.2) is 0 Å². The Morgan fingerprint density at radius 1 is 1.14 bits per heavy atom. The molecule has 1 heterocycles. The van der Waals surface area contributed by atoms with Gasteiger partial charge in [0.05, 0.1) is 17.6 Å². The molecule has 0 fully saturated rings. The molecule has 0 spiro atoms. The maximum Gasteiger partial charge on any atom is 0.237 e. The van der Waals surface area contributed by atoms with Crippen molar-refractivity contribution in [3.05, 3.63) is 41.3 Å². The van der Waals surface area contributed by atoms with E-state index < -0.39 is 10.0 Å². The van der Waals surface area contributed by atoms with Crippen LogP contribution in [0.15, 0.2) is 24.3 Å². The lowest BCUT2D eigenvalue weighted by Crippen LogP contribution is -2.15. The molecule has 5 nitrogen and oxygen atoms in total. The monoisotopic (exact) mass is 323 g/mol. The molecular weight excluding hydrogens is 305 g/mol. The van der Waals surface area contributed by atoms with Gasteiger partial charge in [-0.2, -0.15) is 0 Å². The topological polar surface area (TPSA) is 72.0 Å². The van der Waals surface area contributed by atoms with E-state index in [4.69, 9.17) is 0 Å². The number of halogens is 1. The van der Waals surface area contributed by atoms with Gasteiger partial charge in [-0.1, -0.05) is 13.8 Å². The number of benzene rings is 1. The van der Waals surface area contributed by atoms with E-state index >= 15 is 0 Å². The SMILES string of the molecule is Cc1c(-c2ccc(F)cc2)nc(NS(C)(=O)=O)nc1C(C)C. The third kappa shape index (κ3) is 3.79. The third-order valence-corrected chi connectivity index (χ3v) is 3.68. The summed E-state index contributed by atoms with van der Waals surface area (Å²) in [4.78, 5) is 8.56. The van der Waals surface area contributed by atoms with Gasteiger partial charge in [0.25, 0.3) is 0 Å². The number of rotatable bonds is 4. The maximum atomic E-state index is 13.1. The molecule has 2 aromatic rings. The summed E-state index contributed by atoms with van der Waals surface area (Å²) < 4.78 is 38.2. The number of hydrogen-bond acceptors (Lipinski definition) is 4. The largest absolute Gasteiger partial charge is 0.251 e. The van der Waals surface area contributed by atoms with Crippen molar-refractivity contribution in [1.29, 1.82) is 0 Å². The minimum absolute atomic E-state index is 0.0242. The van der Waals surface area contributed by atoms with E-state index in [1.807, 2.05) is 20.8 Å². The molecule has 0 saturated carbocycles. The number of sulfonamides is 1. The van der Waals surface area contributed by atoms with Crippen molar-refractivity contribution in [1.82, 2.24) is 9.97 Å². The normalized spacial score (nSPS) is 11.7. The fourth-order valence-electron chi connectivity index (χ4n) is 2.20. The molecule has 1 N–H and O–H groups in total. The molecule has 0 aliphatic carbocycles. The van der Waals surface area contributed by atoms with Crippen LogP contribution in [0.3, 0.4) is 0 Å². The van der Waals surface area contributed by atoms with Crippen LogP contribution in [0.25, 0.3) is 11.3 Å². The van der Waals surface area contributed by atoms with E-state index in [9.17, 15) is 12.8 Å². The van der Waals surface area contributed by atoms with Crippen LogP contribution >= 0.6 is 0 Å². The Bertz CT molecular complexity index is 787. The molecule has 0 aliphatic rings. The van der Waals surface area contributed by atoms with Crippen LogP contribution < -0.4 is 4.72 Å². The third-order valence-electron chi connectivity index (χ3n) is 3.12. The van der Waals surface area contributed by atoms with E-state index in [2.05, 4.69) is 14.7 Å². The van der Waals surface area contributed by atoms with E-state index in [1.165, 1.54) is 12.1 Å². The molecule has 0 bridgehead atoms. The fraction of sp³-hybridized carbons (Fsp3) is 0.333. The van der Waals surface area contributed by atoms with Crippen molar-refractivity contribution in [3.63, 3.8) is 0 Å². The Morgan fingerprint density at radius 2 is 1.73 bits per heavy atom. The van der Waals surface area contributed by atoms with E-state index in [-0.39, 0.29) is 17.7 Å². The minimum atomic E-state index is -3.47. The maximum absolute atomic E-state index is 13.1. The predicted molar refractivity (Wildman–Crippen MR) is 84.7 cm³/mol. The molecule has 0 atom stereocenters. The van der Waals surface area contributed by atoms with Crippen LogP contribution in [0, 0.1) is 12.7 Å². The van der Waals surface area contributed by atoms with Gasteiger partial charge in [0, 0.05) is 5.56 Å². The second-order valence-corrected chi connectivity index (χ2v) is 7.19. The molecule has 0 saturated heterocycles. The Balaban J connectivity index is 2.63. The quantitative estimate of drug-likeness (QED) is 0.938. The summed E-state index contributed by atoms with van der Waals surface area (Å²) in [5.74, 6) is -0.215. The smallest absolute Gasteiger partial charge is 0.237 e. The van der Waals surface area contributed by atoms with Gasteiger partial charge in [0.2, 0.25) is 16.0 Å². The first-order chi connectivity index (χ1) is 10.2. The summed E-state index contributed by atoms with van der Waals surface area (Å²) in [5.41, 5.74) is 2.89. The minimum Gasteiger partial charge on any atom is -0.251 e. The van der Waals surface area contributed by atoms with Gasteiger partial charge >= 0.3 is 0 Å². The molecule has 118 valence electrons. The van der Waals surface area contributed by atoms with Gasteiger partial charge < -0.3 is 0 Å². The fourth-order valence-corrected chi connectivity index (χ4v) is 2.62. The molecule has 0 aliphatic heterocycles. The van der Waals surface area contributed by atoms with Crippen molar-refractivity contribution < 1.29 is 12.8 Å². The molecule has 22 heavy (non-hydrogen) atoms. The van der Waals surface area contributed by atoms with Gasteiger partial charge in [0.1, 0.15) is 5.82 Å². The van der Waals surface area contributed by atoms with Crippen molar-refractivity contribution in [2.75, 3.05) is 11.0 Å². The highest BCUT2D eigenvalue weighted by molar-refractivity contribution is 7.91. The highest BCUT2D eigenvalue weighted by Crippen LogP contribution is 2.28. The van der Waals surface area contributed by atoms with Gasteiger partial charge in [-0.05, 0) is 42.7 Å². The van der Waals surface area contributed by atoms with Crippen LogP contribution in [-0.2, 0) is 10.0 Å².